The third-order valence-corrected chi connectivity index (χ3v) is 5.64. The van der Waals surface area contributed by atoms with Crippen LogP contribution in [0.1, 0.15) is 66.9 Å². The molecule has 0 radical (unpaired) electrons. The second-order valence-corrected chi connectivity index (χ2v) is 7.42. The highest BCUT2D eigenvalue weighted by Crippen LogP contribution is 2.30. The molecule has 2 aliphatic heterocycles. The van der Waals surface area contributed by atoms with Gasteiger partial charge in [-0.3, -0.25) is 9.69 Å². The smallest absolute Gasteiger partial charge is 0.372 e. The number of piperidine rings is 2. The molecule has 1 unspecified atom stereocenters. The van der Waals surface area contributed by atoms with Gasteiger partial charge in [-0.15, -0.1) is 0 Å². The molecule has 1 amide bonds. The molecule has 1 aromatic heterocycles. The van der Waals surface area contributed by atoms with E-state index in [0.29, 0.717) is 23.8 Å². The monoisotopic (exact) mass is 348 g/mol. The van der Waals surface area contributed by atoms with Gasteiger partial charge in [-0.05, 0) is 64.6 Å². The highest BCUT2D eigenvalue weighted by Gasteiger charge is 2.29. The van der Waals surface area contributed by atoms with E-state index in [4.69, 9.17) is 9.52 Å². The van der Waals surface area contributed by atoms with Crippen LogP contribution in [-0.4, -0.2) is 53.0 Å². The lowest BCUT2D eigenvalue weighted by Crippen LogP contribution is -2.43. The number of aryl methyl sites for hydroxylation is 1. The van der Waals surface area contributed by atoms with Gasteiger partial charge in [0.25, 0.3) is 0 Å². The Morgan fingerprint density at radius 1 is 1.32 bits per heavy atom. The topological polar surface area (TPSA) is 74.0 Å². The van der Waals surface area contributed by atoms with Crippen LogP contribution in [0.25, 0.3) is 0 Å². The van der Waals surface area contributed by atoms with Crippen LogP contribution >= 0.6 is 0 Å². The maximum absolute atomic E-state index is 12.0. The molecule has 25 heavy (non-hydrogen) atoms. The Kier molecular flexibility index (Phi) is 5.47. The second kappa shape index (κ2) is 7.60. The van der Waals surface area contributed by atoms with Crippen molar-refractivity contribution in [1.29, 1.82) is 0 Å². The van der Waals surface area contributed by atoms with Crippen molar-refractivity contribution in [2.24, 2.45) is 5.92 Å². The van der Waals surface area contributed by atoms with E-state index in [0.717, 1.165) is 57.6 Å². The van der Waals surface area contributed by atoms with Gasteiger partial charge in [0.15, 0.2) is 0 Å². The summed E-state index contributed by atoms with van der Waals surface area (Å²) in [4.78, 5) is 27.5. The van der Waals surface area contributed by atoms with Gasteiger partial charge in [-0.1, -0.05) is 0 Å². The largest absolute Gasteiger partial charge is 0.475 e. The number of carbonyl (C=O) groups excluding carboxylic acids is 1. The SMILES string of the molecule is Cc1cc(C(C)N2CCC(CN3CCCCC3=O)CC2)oc1C(=O)O. The van der Waals surface area contributed by atoms with Gasteiger partial charge in [0.2, 0.25) is 11.7 Å². The normalized spacial score (nSPS) is 21.5. The number of carbonyl (C=O) groups is 2. The molecule has 2 aliphatic rings. The van der Waals surface area contributed by atoms with Gasteiger partial charge in [0.05, 0.1) is 6.04 Å². The Balaban J connectivity index is 1.54. The molecule has 0 saturated carbocycles. The maximum Gasteiger partial charge on any atom is 0.372 e. The van der Waals surface area contributed by atoms with E-state index >= 15 is 0 Å². The fourth-order valence-corrected chi connectivity index (χ4v) is 3.99. The summed E-state index contributed by atoms with van der Waals surface area (Å²) >= 11 is 0. The number of nitrogens with zero attached hydrogens (tertiary/aromatic N) is 2. The predicted molar refractivity (Wildman–Crippen MR) is 93.5 cm³/mol. The Morgan fingerprint density at radius 3 is 2.64 bits per heavy atom. The molecular weight excluding hydrogens is 320 g/mol. The van der Waals surface area contributed by atoms with Crippen LogP contribution in [0.5, 0.6) is 0 Å². The van der Waals surface area contributed by atoms with Crippen LogP contribution < -0.4 is 0 Å². The Morgan fingerprint density at radius 2 is 2.04 bits per heavy atom. The Bertz CT molecular complexity index is 631. The van der Waals surface area contributed by atoms with Gasteiger partial charge < -0.3 is 14.4 Å². The van der Waals surface area contributed by atoms with Crippen LogP contribution in [0.4, 0.5) is 0 Å². The van der Waals surface area contributed by atoms with Crippen molar-refractivity contribution in [2.75, 3.05) is 26.2 Å². The van der Waals surface area contributed by atoms with Crippen molar-refractivity contribution in [3.8, 4) is 0 Å². The van der Waals surface area contributed by atoms with E-state index in [9.17, 15) is 9.59 Å². The van der Waals surface area contributed by atoms with Crippen molar-refractivity contribution >= 4 is 11.9 Å². The van der Waals surface area contributed by atoms with Crippen LogP contribution in [0.3, 0.4) is 0 Å². The van der Waals surface area contributed by atoms with Crippen molar-refractivity contribution in [3.05, 3.63) is 23.2 Å². The molecule has 0 bridgehead atoms. The lowest BCUT2D eigenvalue weighted by atomic mass is 9.94. The minimum atomic E-state index is -1.01. The fraction of sp³-hybridized carbons (Fsp3) is 0.684. The number of furan rings is 1. The molecule has 0 spiro atoms. The maximum atomic E-state index is 12.0. The van der Waals surface area contributed by atoms with Crippen LogP contribution in [0.15, 0.2) is 10.5 Å². The van der Waals surface area contributed by atoms with Gasteiger partial charge in [-0.25, -0.2) is 4.79 Å². The number of carboxylic acid groups (broad SMARTS) is 1. The molecule has 0 aromatic carbocycles. The average molecular weight is 348 g/mol. The van der Waals surface area contributed by atoms with Crippen LogP contribution in [0, 0.1) is 12.8 Å². The van der Waals surface area contributed by atoms with Crippen molar-refractivity contribution < 1.29 is 19.1 Å². The summed E-state index contributed by atoms with van der Waals surface area (Å²) in [5, 5.41) is 9.14. The molecule has 2 fully saturated rings. The summed E-state index contributed by atoms with van der Waals surface area (Å²) in [5.41, 5.74) is 0.674. The van der Waals surface area contributed by atoms with E-state index in [1.807, 2.05) is 11.0 Å². The molecule has 3 heterocycles. The minimum Gasteiger partial charge on any atom is -0.475 e. The molecule has 6 heteroatoms. The summed E-state index contributed by atoms with van der Waals surface area (Å²) in [7, 11) is 0. The second-order valence-electron chi connectivity index (χ2n) is 7.42. The highest BCUT2D eigenvalue weighted by atomic mass is 16.4. The van der Waals surface area contributed by atoms with Gasteiger partial charge >= 0.3 is 5.97 Å². The molecule has 1 atom stereocenters. The Labute approximate surface area is 148 Å². The molecule has 2 saturated heterocycles. The first-order valence-corrected chi connectivity index (χ1v) is 9.31. The standard InChI is InChI=1S/C19H28N2O4/c1-13-11-16(25-18(13)19(23)24)14(2)20-9-6-15(7-10-20)12-21-8-4-3-5-17(21)22/h11,14-15H,3-10,12H2,1-2H3,(H,23,24). The average Bonchev–Trinajstić information content (AvgIpc) is 2.99. The lowest BCUT2D eigenvalue weighted by Gasteiger charge is -2.38. The number of hydrogen-bond acceptors (Lipinski definition) is 4. The Hall–Kier alpha value is -1.82. The number of rotatable bonds is 5. The lowest BCUT2D eigenvalue weighted by molar-refractivity contribution is -0.134. The zero-order chi connectivity index (χ0) is 18.0. The van der Waals surface area contributed by atoms with Crippen molar-refractivity contribution in [3.63, 3.8) is 0 Å². The van der Waals surface area contributed by atoms with Crippen LogP contribution in [0.2, 0.25) is 0 Å². The molecule has 6 nitrogen and oxygen atoms in total. The number of aromatic carboxylic acids is 1. The number of likely N-dealkylation sites (tertiary alicyclic amines) is 2. The van der Waals surface area contributed by atoms with Gasteiger partial charge in [0, 0.05) is 25.1 Å². The number of hydrogen-bond donors (Lipinski definition) is 1. The molecule has 1 aromatic rings. The molecule has 0 aliphatic carbocycles. The highest BCUT2D eigenvalue weighted by molar-refractivity contribution is 5.86. The first-order chi connectivity index (χ1) is 12.0. The first kappa shape index (κ1) is 18.0. The van der Waals surface area contributed by atoms with Gasteiger partial charge in [-0.2, -0.15) is 0 Å². The van der Waals surface area contributed by atoms with E-state index in [2.05, 4.69) is 11.8 Å². The molecule has 138 valence electrons. The molecule has 1 N–H and O–H groups in total. The molecule has 3 rings (SSSR count). The molecular formula is C19H28N2O4. The van der Waals surface area contributed by atoms with Crippen molar-refractivity contribution in [1.82, 2.24) is 9.80 Å². The van der Waals surface area contributed by atoms with E-state index in [-0.39, 0.29) is 11.8 Å². The predicted octanol–water partition coefficient (Wildman–Crippen LogP) is 3.07. The first-order valence-electron chi connectivity index (χ1n) is 9.31. The zero-order valence-corrected chi connectivity index (χ0v) is 15.2. The summed E-state index contributed by atoms with van der Waals surface area (Å²) in [6.07, 6.45) is 5.01. The number of amides is 1. The van der Waals surface area contributed by atoms with Crippen molar-refractivity contribution in [2.45, 2.75) is 52.0 Å². The summed E-state index contributed by atoms with van der Waals surface area (Å²) in [6, 6.07) is 1.91. The van der Waals surface area contributed by atoms with E-state index in [1.165, 1.54) is 0 Å². The third-order valence-electron chi connectivity index (χ3n) is 5.64. The minimum absolute atomic E-state index is 0.0420. The summed E-state index contributed by atoms with van der Waals surface area (Å²) < 4.78 is 5.56. The summed E-state index contributed by atoms with van der Waals surface area (Å²) in [6.45, 7) is 7.55. The van der Waals surface area contributed by atoms with Gasteiger partial charge in [0.1, 0.15) is 5.76 Å². The van der Waals surface area contributed by atoms with E-state index in [1.54, 1.807) is 6.92 Å². The number of carboxylic acids is 1. The third kappa shape index (κ3) is 4.06. The van der Waals surface area contributed by atoms with E-state index < -0.39 is 5.97 Å². The quantitative estimate of drug-likeness (QED) is 0.885. The van der Waals surface area contributed by atoms with Crippen LogP contribution in [-0.2, 0) is 4.79 Å². The fourth-order valence-electron chi connectivity index (χ4n) is 3.99. The summed E-state index contributed by atoms with van der Waals surface area (Å²) in [5.74, 6) is 0.633. The zero-order valence-electron chi connectivity index (χ0n) is 15.2.